The molecule has 0 radical (unpaired) electrons. The van der Waals surface area contributed by atoms with Crippen LogP contribution in [-0.4, -0.2) is 27.5 Å². The van der Waals surface area contributed by atoms with E-state index in [1.807, 2.05) is 6.92 Å². The minimum absolute atomic E-state index is 0.0918. The SMILES string of the molecule is COc1cccc(OC(=O)C(C)NS(=O)(=O)c2ccc(C)cc2)c1. The summed E-state index contributed by atoms with van der Waals surface area (Å²) in [5.41, 5.74) is 0.944. The number of ether oxygens (including phenoxy) is 2. The van der Waals surface area contributed by atoms with Gasteiger partial charge in [0.1, 0.15) is 17.5 Å². The van der Waals surface area contributed by atoms with Crippen LogP contribution in [0.2, 0.25) is 0 Å². The fourth-order valence-electron chi connectivity index (χ4n) is 1.94. The number of benzene rings is 2. The molecule has 0 spiro atoms. The number of nitrogens with one attached hydrogen (secondary N) is 1. The molecule has 2 aromatic rings. The van der Waals surface area contributed by atoms with Gasteiger partial charge in [0.05, 0.1) is 12.0 Å². The van der Waals surface area contributed by atoms with Crippen molar-refractivity contribution >= 4 is 16.0 Å². The molecule has 128 valence electrons. The van der Waals surface area contributed by atoms with E-state index in [0.717, 1.165) is 5.56 Å². The number of methoxy groups -OCH3 is 1. The first kappa shape index (κ1) is 18.0. The van der Waals surface area contributed by atoms with E-state index in [-0.39, 0.29) is 10.6 Å². The largest absolute Gasteiger partial charge is 0.497 e. The number of carbonyl (C=O) groups is 1. The number of sulfonamides is 1. The van der Waals surface area contributed by atoms with Crippen LogP contribution in [0.1, 0.15) is 12.5 Å². The lowest BCUT2D eigenvalue weighted by Gasteiger charge is -2.14. The molecular weight excluding hydrogens is 330 g/mol. The van der Waals surface area contributed by atoms with Crippen molar-refractivity contribution in [3.8, 4) is 11.5 Å². The number of esters is 1. The quantitative estimate of drug-likeness (QED) is 0.639. The van der Waals surface area contributed by atoms with Gasteiger partial charge in [-0.1, -0.05) is 23.8 Å². The summed E-state index contributed by atoms with van der Waals surface area (Å²) in [6.07, 6.45) is 0. The average molecular weight is 349 g/mol. The molecular formula is C17H19NO5S. The van der Waals surface area contributed by atoms with Crippen molar-refractivity contribution < 1.29 is 22.7 Å². The van der Waals surface area contributed by atoms with E-state index in [0.29, 0.717) is 5.75 Å². The van der Waals surface area contributed by atoms with Crippen molar-refractivity contribution in [2.24, 2.45) is 0 Å². The highest BCUT2D eigenvalue weighted by molar-refractivity contribution is 7.89. The van der Waals surface area contributed by atoms with Crippen molar-refractivity contribution in [3.63, 3.8) is 0 Å². The summed E-state index contributed by atoms with van der Waals surface area (Å²) >= 11 is 0. The normalized spacial score (nSPS) is 12.5. The maximum absolute atomic E-state index is 12.3. The fourth-order valence-corrected chi connectivity index (χ4v) is 3.13. The van der Waals surface area contributed by atoms with Gasteiger partial charge in [-0.25, -0.2) is 13.2 Å². The molecule has 0 fully saturated rings. The van der Waals surface area contributed by atoms with E-state index in [1.54, 1.807) is 36.4 Å². The van der Waals surface area contributed by atoms with Crippen molar-refractivity contribution in [2.75, 3.05) is 7.11 Å². The minimum atomic E-state index is -3.80. The Morgan fingerprint density at radius 2 is 1.71 bits per heavy atom. The summed E-state index contributed by atoms with van der Waals surface area (Å²) in [6.45, 7) is 3.28. The highest BCUT2D eigenvalue weighted by Crippen LogP contribution is 2.19. The van der Waals surface area contributed by atoms with Crippen LogP contribution in [0.5, 0.6) is 11.5 Å². The van der Waals surface area contributed by atoms with E-state index in [4.69, 9.17) is 9.47 Å². The summed E-state index contributed by atoms with van der Waals surface area (Å²) in [5.74, 6) is 0.105. The summed E-state index contributed by atoms with van der Waals surface area (Å²) in [6, 6.07) is 11.8. The van der Waals surface area contributed by atoms with Crippen molar-refractivity contribution in [3.05, 3.63) is 54.1 Å². The van der Waals surface area contributed by atoms with Gasteiger partial charge in [-0.15, -0.1) is 0 Å². The Balaban J connectivity index is 2.06. The molecule has 2 rings (SSSR count). The molecule has 0 aliphatic carbocycles. The summed E-state index contributed by atoms with van der Waals surface area (Å²) < 4.78 is 37.1. The summed E-state index contributed by atoms with van der Waals surface area (Å²) in [7, 11) is -2.30. The maximum Gasteiger partial charge on any atom is 0.329 e. The molecule has 0 saturated heterocycles. The van der Waals surface area contributed by atoms with Crippen LogP contribution in [0.25, 0.3) is 0 Å². The van der Waals surface area contributed by atoms with Gasteiger partial charge in [-0.2, -0.15) is 4.72 Å². The first-order chi connectivity index (χ1) is 11.3. The molecule has 0 saturated carbocycles. The van der Waals surface area contributed by atoms with Crippen LogP contribution in [0.3, 0.4) is 0 Å². The van der Waals surface area contributed by atoms with Gasteiger partial charge < -0.3 is 9.47 Å². The maximum atomic E-state index is 12.3. The Bertz CT molecular complexity index is 815. The van der Waals surface area contributed by atoms with Crippen molar-refractivity contribution in [1.82, 2.24) is 4.72 Å². The van der Waals surface area contributed by atoms with Gasteiger partial charge in [0.25, 0.3) is 0 Å². The number of aryl methyl sites for hydroxylation is 1. The second-order valence-corrected chi connectivity index (χ2v) is 6.97. The topological polar surface area (TPSA) is 81.7 Å². The second-order valence-electron chi connectivity index (χ2n) is 5.26. The molecule has 0 aliphatic heterocycles. The molecule has 1 N–H and O–H groups in total. The first-order valence-electron chi connectivity index (χ1n) is 7.26. The van der Waals surface area contributed by atoms with Gasteiger partial charge >= 0.3 is 5.97 Å². The molecule has 7 heteroatoms. The molecule has 0 aromatic heterocycles. The number of rotatable bonds is 6. The van der Waals surface area contributed by atoms with Crippen LogP contribution in [-0.2, 0) is 14.8 Å². The Labute approximate surface area is 141 Å². The van der Waals surface area contributed by atoms with Gasteiger partial charge in [-0.3, -0.25) is 0 Å². The number of carbonyl (C=O) groups excluding carboxylic acids is 1. The average Bonchev–Trinajstić information content (AvgIpc) is 2.55. The van der Waals surface area contributed by atoms with Gasteiger partial charge in [0.2, 0.25) is 10.0 Å². The Kier molecular flexibility index (Phi) is 5.58. The Morgan fingerprint density at radius 1 is 1.08 bits per heavy atom. The zero-order chi connectivity index (χ0) is 17.7. The highest BCUT2D eigenvalue weighted by Gasteiger charge is 2.23. The highest BCUT2D eigenvalue weighted by atomic mass is 32.2. The Hall–Kier alpha value is -2.38. The van der Waals surface area contributed by atoms with Crippen LogP contribution >= 0.6 is 0 Å². The van der Waals surface area contributed by atoms with Gasteiger partial charge in [0, 0.05) is 6.07 Å². The van der Waals surface area contributed by atoms with E-state index in [9.17, 15) is 13.2 Å². The van der Waals surface area contributed by atoms with Crippen molar-refractivity contribution in [2.45, 2.75) is 24.8 Å². The zero-order valence-corrected chi connectivity index (χ0v) is 14.5. The molecule has 0 amide bonds. The van der Waals surface area contributed by atoms with Crippen LogP contribution < -0.4 is 14.2 Å². The van der Waals surface area contributed by atoms with E-state index >= 15 is 0 Å². The molecule has 0 aliphatic rings. The van der Waals surface area contributed by atoms with Crippen molar-refractivity contribution in [1.29, 1.82) is 0 Å². The van der Waals surface area contributed by atoms with Crippen LogP contribution in [0.4, 0.5) is 0 Å². The minimum Gasteiger partial charge on any atom is -0.497 e. The molecule has 1 atom stereocenters. The predicted molar refractivity (Wildman–Crippen MR) is 89.6 cm³/mol. The van der Waals surface area contributed by atoms with Crippen LogP contribution in [0.15, 0.2) is 53.4 Å². The van der Waals surface area contributed by atoms with Gasteiger partial charge in [0.15, 0.2) is 0 Å². The smallest absolute Gasteiger partial charge is 0.329 e. The Morgan fingerprint density at radius 3 is 2.33 bits per heavy atom. The lowest BCUT2D eigenvalue weighted by atomic mass is 10.2. The molecule has 2 aromatic carbocycles. The van der Waals surface area contributed by atoms with Gasteiger partial charge in [-0.05, 0) is 38.1 Å². The zero-order valence-electron chi connectivity index (χ0n) is 13.6. The summed E-state index contributed by atoms with van der Waals surface area (Å²) in [5, 5.41) is 0. The third-order valence-electron chi connectivity index (χ3n) is 3.28. The van der Waals surface area contributed by atoms with E-state index < -0.39 is 22.0 Å². The van der Waals surface area contributed by atoms with E-state index in [2.05, 4.69) is 4.72 Å². The number of hydrogen-bond acceptors (Lipinski definition) is 5. The standard InChI is InChI=1S/C17H19NO5S/c1-12-7-9-16(10-8-12)24(20,21)18-13(2)17(19)23-15-6-4-5-14(11-15)22-3/h4-11,13,18H,1-3H3. The third kappa shape index (κ3) is 4.56. The van der Waals surface area contributed by atoms with E-state index in [1.165, 1.54) is 26.2 Å². The van der Waals surface area contributed by atoms with Crippen LogP contribution in [0, 0.1) is 6.92 Å². The molecule has 0 heterocycles. The molecule has 1 unspecified atom stereocenters. The molecule has 0 bridgehead atoms. The fraction of sp³-hybridized carbons (Fsp3) is 0.235. The molecule has 6 nitrogen and oxygen atoms in total. The monoisotopic (exact) mass is 349 g/mol. The lowest BCUT2D eigenvalue weighted by molar-refractivity contribution is -0.135. The lowest BCUT2D eigenvalue weighted by Crippen LogP contribution is -2.40. The first-order valence-corrected chi connectivity index (χ1v) is 8.75. The predicted octanol–water partition coefficient (Wildman–Crippen LogP) is 2.28. The number of hydrogen-bond donors (Lipinski definition) is 1. The summed E-state index contributed by atoms with van der Waals surface area (Å²) in [4.78, 5) is 12.2. The second kappa shape index (κ2) is 7.46. The molecule has 24 heavy (non-hydrogen) atoms. The third-order valence-corrected chi connectivity index (χ3v) is 4.83.